The van der Waals surface area contributed by atoms with Crippen LogP contribution < -0.4 is 5.73 Å². The van der Waals surface area contributed by atoms with Crippen LogP contribution in [0.25, 0.3) is 16.9 Å². The number of benzene rings is 2. The fraction of sp³-hybridized carbons (Fsp3) is 0.0625. The molecule has 1 aromatic heterocycles. The molecule has 0 aliphatic rings. The fourth-order valence-corrected chi connectivity index (χ4v) is 2.37. The quantitative estimate of drug-likeness (QED) is 0.800. The van der Waals surface area contributed by atoms with Gasteiger partial charge in [-0.3, -0.25) is 0 Å². The van der Waals surface area contributed by atoms with Gasteiger partial charge >= 0.3 is 0 Å². The van der Waals surface area contributed by atoms with E-state index >= 15 is 0 Å². The summed E-state index contributed by atoms with van der Waals surface area (Å²) in [5.41, 5.74) is 9.13. The van der Waals surface area contributed by atoms with E-state index in [9.17, 15) is 4.39 Å². The molecule has 0 fully saturated rings. The van der Waals surface area contributed by atoms with Gasteiger partial charge in [-0.15, -0.1) is 0 Å². The van der Waals surface area contributed by atoms with E-state index < -0.39 is 5.82 Å². The minimum atomic E-state index is -0.474. The van der Waals surface area contributed by atoms with Crippen molar-refractivity contribution in [3.05, 3.63) is 71.1 Å². The topological polar surface area (TPSA) is 43.8 Å². The molecule has 3 rings (SSSR count). The van der Waals surface area contributed by atoms with Gasteiger partial charge in [-0.05, 0) is 12.1 Å². The van der Waals surface area contributed by atoms with Gasteiger partial charge in [0, 0.05) is 23.7 Å². The summed E-state index contributed by atoms with van der Waals surface area (Å²) in [6.07, 6.45) is 1.70. The largest absolute Gasteiger partial charge is 0.326 e. The first-order valence-electron chi connectivity index (χ1n) is 6.48. The molecule has 2 aromatic carbocycles. The van der Waals surface area contributed by atoms with Crippen LogP contribution in [-0.4, -0.2) is 9.78 Å². The van der Waals surface area contributed by atoms with Gasteiger partial charge < -0.3 is 5.73 Å². The smallest absolute Gasteiger partial charge is 0.143 e. The lowest BCUT2D eigenvalue weighted by Gasteiger charge is -2.10. The Morgan fingerprint density at radius 2 is 1.90 bits per heavy atom. The highest BCUT2D eigenvalue weighted by molar-refractivity contribution is 6.30. The first kappa shape index (κ1) is 13.8. The average molecular weight is 302 g/mol. The number of aromatic nitrogens is 2. The van der Waals surface area contributed by atoms with Crippen molar-refractivity contribution < 1.29 is 4.39 Å². The van der Waals surface area contributed by atoms with Gasteiger partial charge in [0.15, 0.2) is 0 Å². The van der Waals surface area contributed by atoms with E-state index in [1.807, 2.05) is 30.3 Å². The van der Waals surface area contributed by atoms with Crippen LogP contribution in [0.4, 0.5) is 4.39 Å². The van der Waals surface area contributed by atoms with Crippen LogP contribution in [0.3, 0.4) is 0 Å². The van der Waals surface area contributed by atoms with Crippen LogP contribution >= 0.6 is 11.6 Å². The molecule has 0 saturated carbocycles. The predicted molar refractivity (Wildman–Crippen MR) is 81.9 cm³/mol. The summed E-state index contributed by atoms with van der Waals surface area (Å²) in [6, 6.07) is 14.4. The Hall–Kier alpha value is -2.17. The van der Waals surface area contributed by atoms with E-state index in [4.69, 9.17) is 17.3 Å². The number of nitrogens with zero attached hydrogens (tertiary/aromatic N) is 2. The summed E-state index contributed by atoms with van der Waals surface area (Å²) in [5, 5.41) is 4.42. The lowest BCUT2D eigenvalue weighted by molar-refractivity contribution is 0.626. The zero-order valence-electron chi connectivity index (χ0n) is 11.1. The van der Waals surface area contributed by atoms with E-state index in [1.54, 1.807) is 16.9 Å². The minimum Gasteiger partial charge on any atom is -0.326 e. The Morgan fingerprint density at radius 3 is 2.57 bits per heavy atom. The summed E-state index contributed by atoms with van der Waals surface area (Å²) < 4.78 is 15.4. The predicted octanol–water partition coefficient (Wildman–Crippen LogP) is 3.79. The van der Waals surface area contributed by atoms with Crippen LogP contribution in [-0.2, 0) is 6.54 Å². The van der Waals surface area contributed by atoms with Crippen LogP contribution in [0.2, 0.25) is 5.02 Å². The molecule has 3 nitrogen and oxygen atoms in total. The van der Waals surface area contributed by atoms with Crippen molar-refractivity contribution in [1.29, 1.82) is 0 Å². The monoisotopic (exact) mass is 301 g/mol. The van der Waals surface area contributed by atoms with Crippen LogP contribution in [0, 0.1) is 5.82 Å². The molecule has 0 unspecified atom stereocenters. The van der Waals surface area contributed by atoms with Crippen molar-refractivity contribution in [2.45, 2.75) is 6.54 Å². The zero-order valence-corrected chi connectivity index (χ0v) is 11.9. The van der Waals surface area contributed by atoms with Crippen molar-refractivity contribution in [3.8, 4) is 16.9 Å². The average Bonchev–Trinajstić information content (AvgIpc) is 2.95. The summed E-state index contributed by atoms with van der Waals surface area (Å²) >= 11 is 5.73. The third-order valence-corrected chi connectivity index (χ3v) is 3.57. The third-order valence-electron chi connectivity index (χ3n) is 3.26. The van der Waals surface area contributed by atoms with E-state index in [1.165, 1.54) is 12.1 Å². The van der Waals surface area contributed by atoms with E-state index in [2.05, 4.69) is 5.10 Å². The molecule has 0 aliphatic heterocycles. The van der Waals surface area contributed by atoms with Gasteiger partial charge in [0.2, 0.25) is 0 Å². The molecule has 0 spiro atoms. The van der Waals surface area contributed by atoms with Gasteiger partial charge in [0.05, 0.1) is 22.6 Å². The highest BCUT2D eigenvalue weighted by atomic mass is 35.5. The van der Waals surface area contributed by atoms with Crippen molar-refractivity contribution >= 4 is 11.6 Å². The van der Waals surface area contributed by atoms with Crippen molar-refractivity contribution in [2.75, 3.05) is 0 Å². The molecule has 0 atom stereocenters. The molecule has 0 bridgehead atoms. The Balaban J connectivity index is 2.20. The molecule has 1 heterocycles. The molecule has 3 aromatic rings. The summed E-state index contributed by atoms with van der Waals surface area (Å²) in [5.74, 6) is -0.474. The van der Waals surface area contributed by atoms with Gasteiger partial charge in [-0.25, -0.2) is 9.07 Å². The molecular weight excluding hydrogens is 289 g/mol. The maximum Gasteiger partial charge on any atom is 0.143 e. The van der Waals surface area contributed by atoms with Crippen LogP contribution in [0.5, 0.6) is 0 Å². The summed E-state index contributed by atoms with van der Waals surface area (Å²) in [7, 11) is 0. The minimum absolute atomic E-state index is 0.0891. The van der Waals surface area contributed by atoms with Crippen molar-refractivity contribution in [3.63, 3.8) is 0 Å². The normalized spacial score (nSPS) is 10.8. The van der Waals surface area contributed by atoms with Gasteiger partial charge in [0.1, 0.15) is 5.82 Å². The standard InChI is InChI=1S/C16H13ClFN3/c17-14-7-6-13(8-15(14)18)21-16(12(9-19)10-20-21)11-4-2-1-3-5-11/h1-8,10H,9,19H2. The van der Waals surface area contributed by atoms with Crippen molar-refractivity contribution in [2.24, 2.45) is 5.73 Å². The highest BCUT2D eigenvalue weighted by Crippen LogP contribution is 2.27. The van der Waals surface area contributed by atoms with Gasteiger partial charge in [-0.2, -0.15) is 5.10 Å². The highest BCUT2D eigenvalue weighted by Gasteiger charge is 2.14. The molecule has 21 heavy (non-hydrogen) atoms. The zero-order chi connectivity index (χ0) is 14.8. The molecule has 0 aliphatic carbocycles. The molecule has 5 heteroatoms. The molecule has 0 saturated heterocycles. The fourth-order valence-electron chi connectivity index (χ4n) is 2.25. The Bertz CT molecular complexity index is 768. The number of halogens is 2. The molecular formula is C16H13ClFN3. The maximum absolute atomic E-state index is 13.7. The van der Waals surface area contributed by atoms with E-state index in [-0.39, 0.29) is 5.02 Å². The molecule has 106 valence electrons. The van der Waals surface area contributed by atoms with Crippen molar-refractivity contribution in [1.82, 2.24) is 9.78 Å². The Kier molecular flexibility index (Phi) is 3.73. The number of hydrogen-bond donors (Lipinski definition) is 1. The second-order valence-electron chi connectivity index (χ2n) is 4.60. The number of rotatable bonds is 3. The van der Waals surface area contributed by atoms with E-state index in [0.29, 0.717) is 12.2 Å². The molecule has 2 N–H and O–H groups in total. The lowest BCUT2D eigenvalue weighted by atomic mass is 10.1. The van der Waals surface area contributed by atoms with Gasteiger partial charge in [-0.1, -0.05) is 41.9 Å². The third kappa shape index (κ3) is 2.55. The lowest BCUT2D eigenvalue weighted by Crippen LogP contribution is -2.03. The summed E-state index contributed by atoms with van der Waals surface area (Å²) in [4.78, 5) is 0. The first-order chi connectivity index (χ1) is 10.2. The van der Waals surface area contributed by atoms with Crippen LogP contribution in [0.15, 0.2) is 54.7 Å². The molecule has 0 radical (unpaired) electrons. The number of hydrogen-bond acceptors (Lipinski definition) is 2. The Morgan fingerprint density at radius 1 is 1.14 bits per heavy atom. The van der Waals surface area contributed by atoms with Gasteiger partial charge in [0.25, 0.3) is 0 Å². The second kappa shape index (κ2) is 5.68. The first-order valence-corrected chi connectivity index (χ1v) is 6.86. The van der Waals surface area contributed by atoms with E-state index in [0.717, 1.165) is 16.8 Å². The van der Waals surface area contributed by atoms with Crippen LogP contribution in [0.1, 0.15) is 5.56 Å². The second-order valence-corrected chi connectivity index (χ2v) is 5.01. The Labute approximate surface area is 126 Å². The SMILES string of the molecule is NCc1cnn(-c2ccc(Cl)c(F)c2)c1-c1ccccc1. The number of nitrogens with two attached hydrogens (primary N) is 1. The summed E-state index contributed by atoms with van der Waals surface area (Å²) in [6.45, 7) is 0.361. The maximum atomic E-state index is 13.7. The molecule has 0 amide bonds.